The van der Waals surface area contributed by atoms with Gasteiger partial charge in [0.2, 0.25) is 17.7 Å². The van der Waals surface area contributed by atoms with Crippen molar-refractivity contribution in [2.75, 3.05) is 24.7 Å². The van der Waals surface area contributed by atoms with Crippen molar-refractivity contribution >= 4 is 41.7 Å². The second-order valence-corrected chi connectivity index (χ2v) is 8.81. The van der Waals surface area contributed by atoms with Crippen LogP contribution in [0.4, 0.5) is 5.69 Å². The van der Waals surface area contributed by atoms with Gasteiger partial charge in [0.15, 0.2) is 0 Å². The first-order valence-corrected chi connectivity index (χ1v) is 13.4. The number of carbonyl (C=O) groups is 3. The van der Waals surface area contributed by atoms with Crippen LogP contribution < -0.4 is 16.0 Å². The summed E-state index contributed by atoms with van der Waals surface area (Å²) in [7, 11) is 1.59. The molecule has 1 aromatic carbocycles. The maximum absolute atomic E-state index is 12.7. The molecule has 0 aliphatic rings. The number of amides is 3. The van der Waals surface area contributed by atoms with Crippen molar-refractivity contribution < 1.29 is 14.4 Å². The normalized spacial score (nSPS) is 11.7. The molecule has 1 aromatic rings. The van der Waals surface area contributed by atoms with E-state index in [1.54, 1.807) is 61.9 Å². The Labute approximate surface area is 234 Å². The van der Waals surface area contributed by atoms with Gasteiger partial charge in [-0.2, -0.15) is 12.6 Å². The molecule has 0 radical (unpaired) electrons. The summed E-state index contributed by atoms with van der Waals surface area (Å²) in [5, 5.41) is 11.1. The number of allylic oxidation sites excluding steroid dienone is 7. The molecule has 0 bridgehead atoms. The number of nitrogens with one attached hydrogen (secondary N) is 2. The molecule has 4 N–H and O–H groups in total. The Kier molecular flexibility index (Phi) is 21.0. The molecule has 1 unspecified atom stereocenters. The lowest BCUT2D eigenvalue weighted by Crippen LogP contribution is -2.40. The molecule has 1 rings (SSSR count). The third kappa shape index (κ3) is 15.0. The SMILES string of the molecule is C=C/C(=C\C=C/C)C(=N)c1ccccc1N(C)C(=O)CNC(=O)CC(C/C=C\C)C(N)=O.CC(C)C.CS. The zero-order valence-electron chi connectivity index (χ0n) is 24.0. The summed E-state index contributed by atoms with van der Waals surface area (Å²) in [4.78, 5) is 37.8. The maximum atomic E-state index is 12.7. The van der Waals surface area contributed by atoms with Gasteiger partial charge < -0.3 is 16.0 Å². The number of primary amides is 1. The lowest BCUT2D eigenvalue weighted by molar-refractivity contribution is -0.129. The largest absolute Gasteiger partial charge is 0.369 e. The second kappa shape index (κ2) is 21.7. The molecule has 0 aliphatic carbocycles. The number of thiol groups is 1. The van der Waals surface area contributed by atoms with Crippen LogP contribution in [0.15, 0.2) is 72.9 Å². The molecule has 0 aliphatic heterocycles. The van der Waals surface area contributed by atoms with Crippen LogP contribution in [0.1, 0.15) is 53.0 Å². The molecular formula is C30H46N4O3S. The van der Waals surface area contributed by atoms with Crippen molar-refractivity contribution in [2.45, 2.75) is 47.5 Å². The minimum Gasteiger partial charge on any atom is -0.369 e. The smallest absolute Gasteiger partial charge is 0.246 e. The number of likely N-dealkylation sites (N-methyl/N-ethyl adjacent to an activating group) is 1. The number of carbonyl (C=O) groups excluding carboxylic acids is 3. The number of anilines is 1. The molecule has 0 saturated heterocycles. The van der Waals surface area contributed by atoms with E-state index in [2.05, 4.69) is 45.3 Å². The third-order valence-corrected chi connectivity index (χ3v) is 4.81. The summed E-state index contributed by atoms with van der Waals surface area (Å²) >= 11 is 3.53. The van der Waals surface area contributed by atoms with Crippen molar-refractivity contribution in [3.8, 4) is 0 Å². The lowest BCUT2D eigenvalue weighted by atomic mass is 9.99. The van der Waals surface area contributed by atoms with Gasteiger partial charge in [0.1, 0.15) is 0 Å². The summed E-state index contributed by atoms with van der Waals surface area (Å²) in [5.74, 6) is -1.13. The van der Waals surface area contributed by atoms with E-state index < -0.39 is 17.7 Å². The number of nitrogens with zero attached hydrogens (tertiary/aromatic N) is 1. The van der Waals surface area contributed by atoms with E-state index in [1.807, 2.05) is 26.0 Å². The highest BCUT2D eigenvalue weighted by atomic mass is 32.1. The number of rotatable bonds is 12. The van der Waals surface area contributed by atoms with E-state index in [0.717, 1.165) is 5.92 Å². The van der Waals surface area contributed by atoms with E-state index in [9.17, 15) is 14.4 Å². The van der Waals surface area contributed by atoms with Crippen LogP contribution in [0, 0.1) is 17.2 Å². The first-order valence-electron chi connectivity index (χ1n) is 12.5. The predicted molar refractivity (Wildman–Crippen MR) is 165 cm³/mol. The summed E-state index contributed by atoms with van der Waals surface area (Å²) in [6.45, 7) is 13.7. The maximum Gasteiger partial charge on any atom is 0.246 e. The molecule has 0 heterocycles. The van der Waals surface area contributed by atoms with Crippen molar-refractivity contribution in [2.24, 2.45) is 17.6 Å². The van der Waals surface area contributed by atoms with Gasteiger partial charge in [0.05, 0.1) is 17.9 Å². The fourth-order valence-electron chi connectivity index (χ4n) is 2.91. The summed E-state index contributed by atoms with van der Waals surface area (Å²) in [6, 6.07) is 7.06. The minimum atomic E-state index is -0.624. The Morgan fingerprint density at radius 1 is 1.13 bits per heavy atom. The summed E-state index contributed by atoms with van der Waals surface area (Å²) < 4.78 is 0. The van der Waals surface area contributed by atoms with E-state index in [0.29, 0.717) is 23.2 Å². The third-order valence-electron chi connectivity index (χ3n) is 4.81. The fraction of sp³-hybridized carbons (Fsp3) is 0.400. The van der Waals surface area contributed by atoms with Crippen LogP contribution in [0.2, 0.25) is 0 Å². The summed E-state index contributed by atoms with van der Waals surface area (Å²) in [6.07, 6.45) is 12.6. The highest BCUT2D eigenvalue weighted by Gasteiger charge is 2.21. The minimum absolute atomic E-state index is 0.0870. The van der Waals surface area contributed by atoms with Gasteiger partial charge in [-0.3, -0.25) is 19.8 Å². The van der Waals surface area contributed by atoms with Gasteiger partial charge in [-0.05, 0) is 44.1 Å². The zero-order valence-corrected chi connectivity index (χ0v) is 24.8. The van der Waals surface area contributed by atoms with Gasteiger partial charge >= 0.3 is 0 Å². The van der Waals surface area contributed by atoms with Crippen LogP contribution in [-0.2, 0) is 14.4 Å². The second-order valence-electron chi connectivity index (χ2n) is 8.81. The number of para-hydroxylation sites is 1. The van der Waals surface area contributed by atoms with Crippen LogP contribution in [0.3, 0.4) is 0 Å². The highest BCUT2D eigenvalue weighted by molar-refractivity contribution is 7.79. The van der Waals surface area contributed by atoms with Gasteiger partial charge in [0.25, 0.3) is 0 Å². The van der Waals surface area contributed by atoms with Gasteiger partial charge in [-0.1, -0.05) is 82.0 Å². The molecule has 0 fully saturated rings. The fourth-order valence-corrected chi connectivity index (χ4v) is 2.91. The van der Waals surface area contributed by atoms with E-state index in [4.69, 9.17) is 11.1 Å². The average Bonchev–Trinajstić information content (AvgIpc) is 2.90. The summed E-state index contributed by atoms with van der Waals surface area (Å²) in [5.41, 5.74) is 7.29. The molecule has 38 heavy (non-hydrogen) atoms. The number of benzene rings is 1. The quantitative estimate of drug-likeness (QED) is 0.121. The van der Waals surface area contributed by atoms with Crippen molar-refractivity contribution in [1.82, 2.24) is 5.32 Å². The van der Waals surface area contributed by atoms with Gasteiger partial charge in [-0.15, -0.1) is 0 Å². The Morgan fingerprint density at radius 2 is 1.71 bits per heavy atom. The molecule has 1 atom stereocenters. The molecule has 8 heteroatoms. The Hall–Kier alpha value is -3.39. The first kappa shape index (κ1) is 36.8. The molecular weight excluding hydrogens is 496 g/mol. The van der Waals surface area contributed by atoms with Crippen LogP contribution in [0.5, 0.6) is 0 Å². The number of hydrogen-bond acceptors (Lipinski definition) is 5. The first-order chi connectivity index (χ1) is 18.0. The van der Waals surface area contributed by atoms with Gasteiger partial charge in [0, 0.05) is 24.9 Å². The molecule has 0 saturated carbocycles. The molecule has 7 nitrogen and oxygen atoms in total. The Bertz CT molecular complexity index is 994. The van der Waals surface area contributed by atoms with Crippen LogP contribution in [0.25, 0.3) is 0 Å². The molecule has 210 valence electrons. The van der Waals surface area contributed by atoms with E-state index >= 15 is 0 Å². The molecule has 0 aromatic heterocycles. The van der Waals surface area contributed by atoms with Crippen LogP contribution >= 0.6 is 12.6 Å². The monoisotopic (exact) mass is 542 g/mol. The molecule has 0 spiro atoms. The van der Waals surface area contributed by atoms with Crippen molar-refractivity contribution in [3.63, 3.8) is 0 Å². The van der Waals surface area contributed by atoms with E-state index in [1.165, 1.54) is 4.90 Å². The Morgan fingerprint density at radius 3 is 2.21 bits per heavy atom. The lowest BCUT2D eigenvalue weighted by Gasteiger charge is -2.22. The topological polar surface area (TPSA) is 116 Å². The Balaban J connectivity index is 0. The van der Waals surface area contributed by atoms with Crippen molar-refractivity contribution in [3.05, 3.63) is 78.4 Å². The van der Waals surface area contributed by atoms with Crippen molar-refractivity contribution in [1.29, 1.82) is 5.41 Å². The molecule has 3 amide bonds. The van der Waals surface area contributed by atoms with Gasteiger partial charge in [-0.25, -0.2) is 0 Å². The predicted octanol–water partition coefficient (Wildman–Crippen LogP) is 5.49. The highest BCUT2D eigenvalue weighted by Crippen LogP contribution is 2.23. The van der Waals surface area contributed by atoms with Crippen LogP contribution in [-0.4, -0.2) is 43.3 Å². The standard InChI is InChI=1S/C25H32N4O3.C4H10.CH4S/c1-5-8-12-18(7-3)24(26)20-14-10-11-15-21(20)29(4)23(31)17-28-22(30)16-19(25(27)32)13-9-6-2;1-4(2)3;1-2/h5-12,14-15,19,26H,3,13,16-17H2,1-2,4H3,(H2,27,32)(H,28,30);4H,1-3H3;2H,1H3/b8-5-,9-6-,18-12+,26-24?;;. The number of hydrogen-bond donors (Lipinski definition) is 4. The number of nitrogens with two attached hydrogens (primary N) is 1. The average molecular weight is 543 g/mol. The zero-order chi connectivity index (χ0) is 29.7. The van der Waals surface area contributed by atoms with E-state index in [-0.39, 0.29) is 24.6 Å².